The average Bonchev–Trinajstić information content (AvgIpc) is 2.64. The molecule has 0 radical (unpaired) electrons. The second kappa shape index (κ2) is 5.91. The number of nitrogens with zero attached hydrogens (tertiary/aromatic N) is 2. The zero-order valence-corrected chi connectivity index (χ0v) is 12.5. The minimum absolute atomic E-state index is 0.423. The first kappa shape index (κ1) is 14.3. The van der Waals surface area contributed by atoms with Crippen LogP contribution < -0.4 is 10.6 Å². The maximum Gasteiger partial charge on any atom is 0.128 e. The van der Waals surface area contributed by atoms with Gasteiger partial charge in [0.05, 0.1) is 0 Å². The molecule has 1 aromatic heterocycles. The van der Waals surface area contributed by atoms with Crippen molar-refractivity contribution in [1.29, 1.82) is 0 Å². The molecule has 0 bridgehead atoms. The van der Waals surface area contributed by atoms with E-state index in [2.05, 4.69) is 42.8 Å². The van der Waals surface area contributed by atoms with Crippen LogP contribution in [-0.4, -0.2) is 18.1 Å². The van der Waals surface area contributed by atoms with Gasteiger partial charge in [-0.15, -0.1) is 0 Å². The van der Waals surface area contributed by atoms with Crippen molar-refractivity contribution in [3.05, 3.63) is 23.9 Å². The third-order valence-electron chi connectivity index (χ3n) is 4.32. The summed E-state index contributed by atoms with van der Waals surface area (Å²) in [4.78, 5) is 6.97. The second-order valence-electron chi connectivity index (χ2n) is 6.71. The van der Waals surface area contributed by atoms with Crippen LogP contribution in [0.5, 0.6) is 0 Å². The summed E-state index contributed by atoms with van der Waals surface area (Å²) in [6, 6.07) is 4.20. The fourth-order valence-electron chi connectivity index (χ4n) is 2.92. The highest BCUT2D eigenvalue weighted by atomic mass is 15.2. The zero-order chi connectivity index (χ0) is 13.9. The van der Waals surface area contributed by atoms with E-state index in [9.17, 15) is 0 Å². The van der Waals surface area contributed by atoms with Crippen molar-refractivity contribution in [3.8, 4) is 0 Å². The predicted octanol–water partition coefficient (Wildman–Crippen LogP) is 3.19. The van der Waals surface area contributed by atoms with Crippen molar-refractivity contribution < 1.29 is 0 Å². The molecule has 19 heavy (non-hydrogen) atoms. The number of pyridine rings is 1. The molecule has 2 rings (SSSR count). The summed E-state index contributed by atoms with van der Waals surface area (Å²) in [5.41, 5.74) is 7.14. The molecule has 3 nitrogen and oxygen atoms in total. The van der Waals surface area contributed by atoms with E-state index in [0.29, 0.717) is 12.0 Å². The summed E-state index contributed by atoms with van der Waals surface area (Å²) in [7, 11) is 0. The van der Waals surface area contributed by atoms with Crippen LogP contribution in [0.2, 0.25) is 0 Å². The van der Waals surface area contributed by atoms with E-state index in [-0.39, 0.29) is 0 Å². The standard InChI is InChI=1S/C16H27N3/c1-16(2,3)14-5-4-9-19(10-8-14)15-7-6-13(11-17)12-18-15/h6-7,12,14H,4-5,8-11,17H2,1-3H3. The first-order valence-corrected chi connectivity index (χ1v) is 7.40. The highest BCUT2D eigenvalue weighted by Gasteiger charge is 2.27. The van der Waals surface area contributed by atoms with Crippen molar-refractivity contribution in [3.63, 3.8) is 0 Å². The fourth-order valence-corrected chi connectivity index (χ4v) is 2.92. The van der Waals surface area contributed by atoms with E-state index in [1.54, 1.807) is 0 Å². The van der Waals surface area contributed by atoms with Crippen molar-refractivity contribution in [2.24, 2.45) is 17.1 Å². The first-order chi connectivity index (χ1) is 9.00. The molecule has 1 aliphatic heterocycles. The molecule has 1 aliphatic rings. The Labute approximate surface area is 117 Å². The average molecular weight is 261 g/mol. The highest BCUT2D eigenvalue weighted by Crippen LogP contribution is 2.34. The summed E-state index contributed by atoms with van der Waals surface area (Å²) in [5.74, 6) is 1.92. The van der Waals surface area contributed by atoms with E-state index in [4.69, 9.17) is 5.73 Å². The van der Waals surface area contributed by atoms with Crippen LogP contribution in [0, 0.1) is 11.3 Å². The Bertz CT molecular complexity index is 391. The van der Waals surface area contributed by atoms with Gasteiger partial charge in [0.15, 0.2) is 0 Å². The van der Waals surface area contributed by atoms with Gasteiger partial charge in [-0.1, -0.05) is 26.8 Å². The van der Waals surface area contributed by atoms with Gasteiger partial charge in [0, 0.05) is 25.8 Å². The van der Waals surface area contributed by atoms with Gasteiger partial charge in [-0.2, -0.15) is 0 Å². The van der Waals surface area contributed by atoms with Crippen LogP contribution in [0.4, 0.5) is 5.82 Å². The molecule has 2 N–H and O–H groups in total. The van der Waals surface area contributed by atoms with Gasteiger partial charge in [0.25, 0.3) is 0 Å². The molecule has 106 valence electrons. The predicted molar refractivity (Wildman–Crippen MR) is 81.1 cm³/mol. The van der Waals surface area contributed by atoms with Gasteiger partial charge in [0.2, 0.25) is 0 Å². The molecule has 1 atom stereocenters. The molecular formula is C16H27N3. The lowest BCUT2D eigenvalue weighted by molar-refractivity contribution is 0.220. The van der Waals surface area contributed by atoms with E-state index in [0.717, 1.165) is 30.4 Å². The Kier molecular flexibility index (Phi) is 4.46. The number of anilines is 1. The van der Waals surface area contributed by atoms with Crippen molar-refractivity contribution in [1.82, 2.24) is 4.98 Å². The highest BCUT2D eigenvalue weighted by molar-refractivity contribution is 5.39. The molecule has 1 saturated heterocycles. The molecule has 1 unspecified atom stereocenters. The first-order valence-electron chi connectivity index (χ1n) is 7.40. The van der Waals surface area contributed by atoms with E-state index < -0.39 is 0 Å². The lowest BCUT2D eigenvalue weighted by Crippen LogP contribution is -2.26. The zero-order valence-electron chi connectivity index (χ0n) is 12.5. The maximum absolute atomic E-state index is 5.62. The van der Waals surface area contributed by atoms with Gasteiger partial charge in [0.1, 0.15) is 5.82 Å². The summed E-state index contributed by atoms with van der Waals surface area (Å²) in [6.45, 7) is 9.91. The van der Waals surface area contributed by atoms with Crippen LogP contribution in [-0.2, 0) is 6.54 Å². The third kappa shape index (κ3) is 3.69. The molecular weight excluding hydrogens is 234 g/mol. The Morgan fingerprint density at radius 2 is 2.05 bits per heavy atom. The second-order valence-corrected chi connectivity index (χ2v) is 6.71. The van der Waals surface area contributed by atoms with Gasteiger partial charge < -0.3 is 10.6 Å². The molecule has 1 aromatic rings. The van der Waals surface area contributed by atoms with E-state index >= 15 is 0 Å². The summed E-state index contributed by atoms with van der Waals surface area (Å²) < 4.78 is 0. The van der Waals surface area contributed by atoms with Crippen LogP contribution in [0.15, 0.2) is 18.3 Å². The lowest BCUT2D eigenvalue weighted by Gasteiger charge is -2.29. The van der Waals surface area contributed by atoms with Crippen LogP contribution in [0.1, 0.15) is 45.6 Å². The number of rotatable bonds is 2. The smallest absolute Gasteiger partial charge is 0.128 e. The molecule has 0 saturated carbocycles. The van der Waals surface area contributed by atoms with Crippen LogP contribution >= 0.6 is 0 Å². The molecule has 3 heteroatoms. The molecule has 0 aliphatic carbocycles. The Hall–Kier alpha value is -1.09. The third-order valence-corrected chi connectivity index (χ3v) is 4.32. The quantitative estimate of drug-likeness (QED) is 0.889. The topological polar surface area (TPSA) is 42.1 Å². The summed E-state index contributed by atoms with van der Waals surface area (Å²) in [6.07, 6.45) is 5.77. The largest absolute Gasteiger partial charge is 0.357 e. The SMILES string of the molecule is CC(C)(C)C1CCCN(c2ccc(CN)cn2)CC1. The van der Waals surface area contributed by atoms with Crippen molar-refractivity contribution >= 4 is 5.82 Å². The number of nitrogens with two attached hydrogens (primary N) is 1. The minimum atomic E-state index is 0.423. The Morgan fingerprint density at radius 1 is 1.26 bits per heavy atom. The molecule has 0 aromatic carbocycles. The van der Waals surface area contributed by atoms with Crippen molar-refractivity contribution in [2.75, 3.05) is 18.0 Å². The lowest BCUT2D eigenvalue weighted by atomic mass is 9.77. The van der Waals surface area contributed by atoms with Crippen LogP contribution in [0.3, 0.4) is 0 Å². The molecule has 1 fully saturated rings. The molecule has 2 heterocycles. The summed E-state index contributed by atoms with van der Waals surface area (Å²) in [5, 5.41) is 0. The Balaban J connectivity index is 2.02. The van der Waals surface area contributed by atoms with Crippen LogP contribution in [0.25, 0.3) is 0 Å². The maximum atomic E-state index is 5.62. The van der Waals surface area contributed by atoms with E-state index in [1.807, 2.05) is 6.20 Å². The minimum Gasteiger partial charge on any atom is -0.357 e. The fraction of sp³-hybridized carbons (Fsp3) is 0.688. The summed E-state index contributed by atoms with van der Waals surface area (Å²) >= 11 is 0. The van der Waals surface area contributed by atoms with Crippen molar-refractivity contribution in [2.45, 2.75) is 46.6 Å². The van der Waals surface area contributed by atoms with Gasteiger partial charge >= 0.3 is 0 Å². The molecule has 0 spiro atoms. The number of aromatic nitrogens is 1. The number of hydrogen-bond donors (Lipinski definition) is 1. The Morgan fingerprint density at radius 3 is 2.63 bits per heavy atom. The van der Waals surface area contributed by atoms with Gasteiger partial charge in [-0.05, 0) is 42.2 Å². The number of hydrogen-bond acceptors (Lipinski definition) is 3. The normalized spacial score (nSPS) is 21.3. The van der Waals surface area contributed by atoms with Gasteiger partial charge in [-0.25, -0.2) is 4.98 Å². The van der Waals surface area contributed by atoms with E-state index in [1.165, 1.54) is 19.3 Å². The van der Waals surface area contributed by atoms with Gasteiger partial charge in [-0.3, -0.25) is 0 Å². The monoisotopic (exact) mass is 261 g/mol. The molecule has 0 amide bonds.